The minimum atomic E-state index is -1.24. The lowest BCUT2D eigenvalue weighted by Gasteiger charge is -2.18. The molecule has 1 N–H and O–H groups in total. The first-order chi connectivity index (χ1) is 14.0. The van der Waals surface area contributed by atoms with Gasteiger partial charge in [0.25, 0.3) is 0 Å². The Morgan fingerprint density at radius 3 is 1.97 bits per heavy atom. The van der Waals surface area contributed by atoms with Crippen LogP contribution in [-0.4, -0.2) is 49.4 Å². The number of ether oxygens (including phenoxy) is 2. The second-order valence-electron chi connectivity index (χ2n) is 10.2. The van der Waals surface area contributed by atoms with Gasteiger partial charge in [0, 0.05) is 41.8 Å². The van der Waals surface area contributed by atoms with Gasteiger partial charge < -0.3 is 23.7 Å². The van der Waals surface area contributed by atoms with Gasteiger partial charge in [-0.2, -0.15) is 0 Å². The molecule has 0 fully saturated rings. The molecule has 0 aliphatic heterocycles. The fraction of sp³-hybridized carbons (Fsp3) is 0.591. The van der Waals surface area contributed by atoms with E-state index in [4.69, 9.17) is 9.47 Å². The third-order valence-corrected chi connectivity index (χ3v) is 8.34. The molecule has 1 unspecified atom stereocenters. The van der Waals surface area contributed by atoms with Gasteiger partial charge in [0.1, 0.15) is 13.5 Å². The molecule has 0 spiro atoms. The molecule has 0 radical (unpaired) electrons. The Morgan fingerprint density at radius 2 is 1.40 bits per heavy atom. The Morgan fingerprint density at radius 1 is 0.900 bits per heavy atom. The highest BCUT2D eigenvalue weighted by atomic mass is 28.3. The van der Waals surface area contributed by atoms with Crippen LogP contribution in [0, 0.1) is 0 Å². The van der Waals surface area contributed by atoms with E-state index in [-0.39, 0.29) is 5.78 Å². The molecule has 2 aromatic rings. The monoisotopic (exact) mass is 450 g/mol. The number of ketones is 1. The highest BCUT2D eigenvalue weighted by Crippen LogP contribution is 2.20. The largest absolute Gasteiger partial charge is 0.379 e. The lowest BCUT2D eigenvalue weighted by molar-refractivity contribution is 0.0598. The van der Waals surface area contributed by atoms with Crippen LogP contribution in [0.1, 0.15) is 22.3 Å². The maximum Gasteiger partial charge on any atom is 0.213 e. The Bertz CT molecular complexity index is 803. The van der Waals surface area contributed by atoms with Crippen LogP contribution in [0.25, 0.3) is 0 Å². The fourth-order valence-corrected chi connectivity index (χ4v) is 4.41. The van der Waals surface area contributed by atoms with Gasteiger partial charge in [0.2, 0.25) is 5.78 Å². The minimum Gasteiger partial charge on any atom is -0.379 e. The number of aliphatic hydroxyl groups is 1. The molecule has 0 aliphatic carbocycles. The van der Waals surface area contributed by atoms with Gasteiger partial charge in [-0.3, -0.25) is 4.79 Å². The molecule has 168 valence electrons. The number of Topliss-reactive ketones (excluding diaryl/α,β-unsaturated/α-hetero) is 1. The number of carbonyl (C=O) groups is 1. The highest BCUT2D eigenvalue weighted by molar-refractivity contribution is 6.76. The van der Waals surface area contributed by atoms with E-state index in [0.29, 0.717) is 38.1 Å². The zero-order chi connectivity index (χ0) is 22.4. The number of nitrogens with zero attached hydrogens (tertiary/aromatic N) is 2. The molecule has 0 amide bonds. The van der Waals surface area contributed by atoms with Crippen molar-refractivity contribution in [3.63, 3.8) is 0 Å². The van der Waals surface area contributed by atoms with Crippen LogP contribution >= 0.6 is 0 Å². The smallest absolute Gasteiger partial charge is 0.213 e. The molecule has 2 heterocycles. The topological polar surface area (TPSA) is 65.6 Å². The summed E-state index contributed by atoms with van der Waals surface area (Å²) < 4.78 is 15.1. The van der Waals surface area contributed by atoms with Crippen LogP contribution in [-0.2, 0) is 22.9 Å². The molecule has 0 saturated carbocycles. The average molecular weight is 451 g/mol. The summed E-state index contributed by atoms with van der Waals surface area (Å²) in [4.78, 5) is 13.0. The van der Waals surface area contributed by atoms with Crippen molar-refractivity contribution in [3.8, 4) is 0 Å². The van der Waals surface area contributed by atoms with Gasteiger partial charge in [-0.15, -0.1) is 0 Å². The minimum absolute atomic E-state index is 0.312. The molecule has 6 nitrogen and oxygen atoms in total. The molecular weight excluding hydrogens is 412 g/mol. The van der Waals surface area contributed by atoms with Gasteiger partial charge >= 0.3 is 0 Å². The van der Waals surface area contributed by atoms with Crippen LogP contribution in [0.3, 0.4) is 0 Å². The third-order valence-electron chi connectivity index (χ3n) is 4.93. The average Bonchev–Trinajstić information content (AvgIpc) is 3.28. The predicted molar refractivity (Wildman–Crippen MR) is 126 cm³/mol. The van der Waals surface area contributed by atoms with Crippen LogP contribution in [0.2, 0.25) is 51.4 Å². The summed E-state index contributed by atoms with van der Waals surface area (Å²) in [5, 5.41) is 10.8. The summed E-state index contributed by atoms with van der Waals surface area (Å²) in [7, 11) is -2.30. The number of hydrogen-bond donors (Lipinski definition) is 1. The lowest BCUT2D eigenvalue weighted by Crippen LogP contribution is -2.23. The summed E-state index contributed by atoms with van der Waals surface area (Å²) in [5.41, 5.74) is 0.989. The quantitative estimate of drug-likeness (QED) is 0.270. The number of hydrogen-bond acceptors (Lipinski definition) is 4. The van der Waals surface area contributed by atoms with E-state index >= 15 is 0 Å². The third kappa shape index (κ3) is 7.99. The van der Waals surface area contributed by atoms with Crippen molar-refractivity contribution in [1.29, 1.82) is 0 Å². The highest BCUT2D eigenvalue weighted by Gasteiger charge is 2.24. The number of carbonyl (C=O) groups excluding carboxylic acids is 1. The molecule has 2 rings (SSSR count). The zero-order valence-corrected chi connectivity index (χ0v) is 21.4. The summed E-state index contributed by atoms with van der Waals surface area (Å²) in [6.45, 7) is 15.9. The Hall–Kier alpha value is -1.46. The van der Waals surface area contributed by atoms with Crippen molar-refractivity contribution in [1.82, 2.24) is 9.13 Å². The molecule has 0 aromatic carbocycles. The van der Waals surface area contributed by atoms with Crippen molar-refractivity contribution in [2.75, 3.05) is 13.2 Å². The summed E-state index contributed by atoms with van der Waals surface area (Å²) in [6, 6.07) is 9.28. The second-order valence-corrected chi connectivity index (χ2v) is 21.5. The number of aromatic nitrogens is 2. The molecule has 0 aliphatic rings. The van der Waals surface area contributed by atoms with E-state index in [0.717, 1.165) is 12.1 Å². The Kier molecular flexibility index (Phi) is 8.87. The van der Waals surface area contributed by atoms with E-state index in [1.165, 1.54) is 0 Å². The first-order valence-electron chi connectivity index (χ1n) is 10.7. The van der Waals surface area contributed by atoms with Crippen LogP contribution < -0.4 is 0 Å². The van der Waals surface area contributed by atoms with E-state index in [1.54, 1.807) is 27.3 Å². The summed E-state index contributed by atoms with van der Waals surface area (Å²) in [6.07, 6.45) is 2.41. The van der Waals surface area contributed by atoms with Crippen molar-refractivity contribution in [3.05, 3.63) is 48.0 Å². The first-order valence-corrected chi connectivity index (χ1v) is 18.1. The standard InChI is InChI=1S/C22H38N2O4Si2/c1-29(2,3)15-13-27-17-23-11-7-9-19(23)21(25)22(26)20-10-8-12-24(20)18-28-14-16-30(4,5)6/h7-12,21,25H,13-18H2,1-6H3. The predicted octanol–water partition coefficient (Wildman–Crippen LogP) is 4.83. The second kappa shape index (κ2) is 10.7. The van der Waals surface area contributed by atoms with E-state index in [1.807, 2.05) is 18.5 Å². The number of aliphatic hydroxyl groups excluding tert-OH is 1. The summed E-state index contributed by atoms with van der Waals surface area (Å²) in [5.74, 6) is -0.337. The molecule has 1 atom stereocenters. The van der Waals surface area contributed by atoms with Gasteiger partial charge in [0.15, 0.2) is 6.10 Å². The van der Waals surface area contributed by atoms with Crippen molar-refractivity contribution in [2.24, 2.45) is 0 Å². The maximum atomic E-state index is 13.0. The molecule has 30 heavy (non-hydrogen) atoms. The van der Waals surface area contributed by atoms with Gasteiger partial charge in [0.05, 0.1) is 11.4 Å². The fourth-order valence-electron chi connectivity index (χ4n) is 2.90. The molecule has 2 aromatic heterocycles. The van der Waals surface area contributed by atoms with E-state index in [2.05, 4.69) is 39.3 Å². The zero-order valence-electron chi connectivity index (χ0n) is 19.4. The molecule has 0 bridgehead atoms. The normalized spacial score (nSPS) is 13.6. The SMILES string of the molecule is C[Si](C)(C)CCOCn1cccc1C(=O)C(O)c1cccn1COCC[Si](C)(C)C. The maximum absolute atomic E-state index is 13.0. The molecule has 8 heteroatoms. The van der Waals surface area contributed by atoms with Crippen LogP contribution in [0.15, 0.2) is 36.7 Å². The van der Waals surface area contributed by atoms with Crippen LogP contribution in [0.5, 0.6) is 0 Å². The van der Waals surface area contributed by atoms with Crippen molar-refractivity contribution in [2.45, 2.75) is 70.9 Å². The molecular formula is C22H38N2O4Si2. The van der Waals surface area contributed by atoms with E-state index in [9.17, 15) is 9.90 Å². The van der Waals surface area contributed by atoms with Crippen molar-refractivity contribution >= 4 is 21.9 Å². The van der Waals surface area contributed by atoms with Gasteiger partial charge in [-0.05, 0) is 36.4 Å². The Balaban J connectivity index is 1.95. The van der Waals surface area contributed by atoms with Crippen LogP contribution in [0.4, 0.5) is 0 Å². The number of rotatable bonds is 13. The summed E-state index contributed by atoms with van der Waals surface area (Å²) >= 11 is 0. The lowest BCUT2D eigenvalue weighted by atomic mass is 10.1. The van der Waals surface area contributed by atoms with E-state index < -0.39 is 22.3 Å². The first kappa shape index (κ1) is 24.8. The van der Waals surface area contributed by atoms with Crippen molar-refractivity contribution < 1.29 is 19.4 Å². The molecule has 0 saturated heterocycles. The van der Waals surface area contributed by atoms with Gasteiger partial charge in [-0.25, -0.2) is 0 Å². The Labute approximate surface area is 182 Å². The van der Waals surface area contributed by atoms with Gasteiger partial charge in [-0.1, -0.05) is 39.3 Å².